The maximum Gasteiger partial charge on any atom is 0.200 e. The second-order valence-corrected chi connectivity index (χ2v) is 3.80. The van der Waals surface area contributed by atoms with Crippen molar-refractivity contribution in [1.29, 1.82) is 0 Å². The van der Waals surface area contributed by atoms with Gasteiger partial charge < -0.3 is 19.8 Å². The molecule has 2 rings (SSSR count). The fourth-order valence-corrected chi connectivity index (χ4v) is 1.72. The standard InChI is InChI=1S/C13H17N3O2/c1-17-11-4-3-10(9-12(11)18-2)5-6-14-13-15-7-8-16-13/h3-4,7-9H,5-6H2,1-2H3,(H2,14,15,16). The van der Waals surface area contributed by atoms with Gasteiger partial charge in [-0.1, -0.05) is 6.07 Å². The zero-order chi connectivity index (χ0) is 12.8. The van der Waals surface area contributed by atoms with Crippen molar-refractivity contribution in [3.8, 4) is 11.5 Å². The Hall–Kier alpha value is -2.17. The van der Waals surface area contributed by atoms with Crippen molar-refractivity contribution in [2.24, 2.45) is 0 Å². The lowest BCUT2D eigenvalue weighted by molar-refractivity contribution is 0.354. The number of H-pyrrole nitrogens is 1. The van der Waals surface area contributed by atoms with Crippen LogP contribution >= 0.6 is 0 Å². The smallest absolute Gasteiger partial charge is 0.200 e. The van der Waals surface area contributed by atoms with Gasteiger partial charge in [-0.05, 0) is 24.1 Å². The molecule has 0 aliphatic rings. The Labute approximate surface area is 106 Å². The van der Waals surface area contributed by atoms with Crippen molar-refractivity contribution in [3.63, 3.8) is 0 Å². The molecule has 0 fully saturated rings. The number of nitrogens with zero attached hydrogens (tertiary/aromatic N) is 1. The molecule has 0 unspecified atom stereocenters. The Kier molecular flexibility index (Phi) is 4.06. The second-order valence-electron chi connectivity index (χ2n) is 3.80. The van der Waals surface area contributed by atoms with E-state index >= 15 is 0 Å². The minimum absolute atomic E-state index is 0.750. The first-order valence-corrected chi connectivity index (χ1v) is 5.77. The van der Waals surface area contributed by atoms with E-state index in [0.29, 0.717) is 0 Å². The molecule has 1 aromatic carbocycles. The summed E-state index contributed by atoms with van der Waals surface area (Å²) in [6.45, 7) is 0.809. The highest BCUT2D eigenvalue weighted by Crippen LogP contribution is 2.27. The van der Waals surface area contributed by atoms with Crippen LogP contribution in [0.4, 0.5) is 5.95 Å². The highest BCUT2D eigenvalue weighted by atomic mass is 16.5. The zero-order valence-electron chi connectivity index (χ0n) is 10.6. The molecule has 1 heterocycles. The monoisotopic (exact) mass is 247 g/mol. The van der Waals surface area contributed by atoms with Gasteiger partial charge in [0.2, 0.25) is 0 Å². The summed E-state index contributed by atoms with van der Waals surface area (Å²) in [5, 5.41) is 3.20. The number of hydrogen-bond acceptors (Lipinski definition) is 4. The van der Waals surface area contributed by atoms with E-state index < -0.39 is 0 Å². The van der Waals surface area contributed by atoms with Crippen molar-refractivity contribution in [1.82, 2.24) is 9.97 Å². The van der Waals surface area contributed by atoms with Crippen molar-refractivity contribution in [3.05, 3.63) is 36.2 Å². The lowest BCUT2D eigenvalue weighted by Crippen LogP contribution is -2.06. The number of benzene rings is 1. The van der Waals surface area contributed by atoms with Crippen LogP contribution in [0.15, 0.2) is 30.6 Å². The van der Waals surface area contributed by atoms with Crippen LogP contribution in [0.3, 0.4) is 0 Å². The summed E-state index contributed by atoms with van der Waals surface area (Å²) >= 11 is 0. The van der Waals surface area contributed by atoms with Crippen LogP contribution in [0.25, 0.3) is 0 Å². The van der Waals surface area contributed by atoms with E-state index in [2.05, 4.69) is 15.3 Å². The van der Waals surface area contributed by atoms with Crippen LogP contribution in [0, 0.1) is 0 Å². The molecule has 5 nitrogen and oxygen atoms in total. The van der Waals surface area contributed by atoms with Gasteiger partial charge in [-0.25, -0.2) is 4.98 Å². The first-order valence-electron chi connectivity index (χ1n) is 5.77. The third kappa shape index (κ3) is 2.94. The first-order chi connectivity index (χ1) is 8.83. The molecule has 2 aromatic rings. The van der Waals surface area contributed by atoms with Crippen LogP contribution in [-0.2, 0) is 6.42 Å². The summed E-state index contributed by atoms with van der Waals surface area (Å²) in [7, 11) is 3.28. The summed E-state index contributed by atoms with van der Waals surface area (Å²) in [6, 6.07) is 5.94. The fourth-order valence-electron chi connectivity index (χ4n) is 1.72. The number of imidazole rings is 1. The molecule has 0 saturated carbocycles. The highest BCUT2D eigenvalue weighted by Gasteiger charge is 2.04. The molecule has 1 aromatic heterocycles. The number of aromatic amines is 1. The molecule has 0 atom stereocenters. The van der Waals surface area contributed by atoms with E-state index in [-0.39, 0.29) is 0 Å². The van der Waals surface area contributed by atoms with Crippen LogP contribution in [0.1, 0.15) is 5.56 Å². The van der Waals surface area contributed by atoms with Gasteiger partial charge in [-0.15, -0.1) is 0 Å². The van der Waals surface area contributed by atoms with Crippen LogP contribution in [-0.4, -0.2) is 30.7 Å². The summed E-state index contributed by atoms with van der Waals surface area (Å²) in [4.78, 5) is 7.09. The largest absolute Gasteiger partial charge is 0.493 e. The summed E-state index contributed by atoms with van der Waals surface area (Å²) in [6.07, 6.45) is 4.40. The number of anilines is 1. The Balaban J connectivity index is 1.93. The molecule has 0 amide bonds. The molecule has 0 bridgehead atoms. The highest BCUT2D eigenvalue weighted by molar-refractivity contribution is 5.43. The number of hydrogen-bond donors (Lipinski definition) is 2. The molecule has 5 heteroatoms. The molecular weight excluding hydrogens is 230 g/mol. The van der Waals surface area contributed by atoms with Gasteiger partial charge in [0, 0.05) is 18.9 Å². The van der Waals surface area contributed by atoms with Gasteiger partial charge in [0.1, 0.15) is 0 Å². The second kappa shape index (κ2) is 5.95. The van der Waals surface area contributed by atoms with Gasteiger partial charge in [-0.3, -0.25) is 0 Å². The molecule has 2 N–H and O–H groups in total. The number of rotatable bonds is 6. The average molecular weight is 247 g/mol. The van der Waals surface area contributed by atoms with E-state index in [1.807, 2.05) is 18.2 Å². The third-order valence-electron chi connectivity index (χ3n) is 2.65. The van der Waals surface area contributed by atoms with E-state index in [1.165, 1.54) is 5.56 Å². The quantitative estimate of drug-likeness (QED) is 0.820. The van der Waals surface area contributed by atoms with Gasteiger partial charge in [0.05, 0.1) is 14.2 Å². The van der Waals surface area contributed by atoms with Crippen molar-refractivity contribution in [2.45, 2.75) is 6.42 Å². The molecule has 0 aliphatic heterocycles. The predicted octanol–water partition coefficient (Wildman–Crippen LogP) is 2.08. The number of aromatic nitrogens is 2. The van der Waals surface area contributed by atoms with Crippen molar-refractivity contribution in [2.75, 3.05) is 26.1 Å². The van der Waals surface area contributed by atoms with Crippen molar-refractivity contribution < 1.29 is 9.47 Å². The topological polar surface area (TPSA) is 59.2 Å². The Morgan fingerprint density at radius 2 is 2.06 bits per heavy atom. The molecule has 0 saturated heterocycles. The summed E-state index contributed by atoms with van der Waals surface area (Å²) < 4.78 is 10.5. The van der Waals surface area contributed by atoms with Gasteiger partial charge in [0.25, 0.3) is 0 Å². The Morgan fingerprint density at radius 1 is 1.22 bits per heavy atom. The zero-order valence-corrected chi connectivity index (χ0v) is 10.6. The van der Waals surface area contributed by atoms with Crippen molar-refractivity contribution >= 4 is 5.95 Å². The molecule has 96 valence electrons. The summed E-state index contributed by atoms with van der Waals surface area (Å²) in [5.74, 6) is 2.30. The summed E-state index contributed by atoms with van der Waals surface area (Å²) in [5.41, 5.74) is 1.19. The number of nitrogens with one attached hydrogen (secondary N) is 2. The van der Waals surface area contributed by atoms with Gasteiger partial charge in [0.15, 0.2) is 17.4 Å². The van der Waals surface area contributed by atoms with Gasteiger partial charge >= 0.3 is 0 Å². The van der Waals surface area contributed by atoms with Crippen LogP contribution in [0.5, 0.6) is 11.5 Å². The molecule has 0 radical (unpaired) electrons. The number of ether oxygens (including phenoxy) is 2. The Morgan fingerprint density at radius 3 is 2.72 bits per heavy atom. The van der Waals surface area contributed by atoms with Crippen LogP contribution < -0.4 is 14.8 Å². The van der Waals surface area contributed by atoms with E-state index in [4.69, 9.17) is 9.47 Å². The molecule has 0 aliphatic carbocycles. The maximum absolute atomic E-state index is 5.27. The minimum atomic E-state index is 0.750. The third-order valence-corrected chi connectivity index (χ3v) is 2.65. The Bertz CT molecular complexity index is 483. The lowest BCUT2D eigenvalue weighted by atomic mass is 10.1. The molecule has 18 heavy (non-hydrogen) atoms. The minimum Gasteiger partial charge on any atom is -0.493 e. The SMILES string of the molecule is COc1ccc(CCNc2ncc[nH]2)cc1OC. The average Bonchev–Trinajstić information content (AvgIpc) is 2.91. The van der Waals surface area contributed by atoms with E-state index in [9.17, 15) is 0 Å². The lowest BCUT2D eigenvalue weighted by Gasteiger charge is -2.09. The van der Waals surface area contributed by atoms with E-state index in [0.717, 1.165) is 30.4 Å². The van der Waals surface area contributed by atoms with Gasteiger partial charge in [-0.2, -0.15) is 0 Å². The maximum atomic E-state index is 5.27. The number of methoxy groups -OCH3 is 2. The van der Waals surface area contributed by atoms with Crippen LogP contribution in [0.2, 0.25) is 0 Å². The predicted molar refractivity (Wildman–Crippen MR) is 70.3 cm³/mol. The fraction of sp³-hybridized carbons (Fsp3) is 0.308. The van der Waals surface area contributed by atoms with E-state index in [1.54, 1.807) is 26.6 Å². The normalized spacial score (nSPS) is 10.1. The first kappa shape index (κ1) is 12.3. The molecule has 0 spiro atoms. The molecular formula is C13H17N3O2.